The molecule has 0 bridgehead atoms. The van der Waals surface area contributed by atoms with E-state index in [4.69, 9.17) is 4.52 Å². The largest absolute Gasteiger partial charge is 0.339 e. The summed E-state index contributed by atoms with van der Waals surface area (Å²) in [6, 6.07) is 10.3. The van der Waals surface area contributed by atoms with Crippen molar-refractivity contribution in [1.29, 1.82) is 0 Å². The topological polar surface area (TPSA) is 73.1 Å². The molecule has 0 radical (unpaired) electrons. The Bertz CT molecular complexity index is 781. The molecule has 1 aliphatic heterocycles. The van der Waals surface area contributed by atoms with E-state index in [9.17, 15) is 8.42 Å². The van der Waals surface area contributed by atoms with Crippen molar-refractivity contribution >= 4 is 9.84 Å². The highest BCUT2D eigenvalue weighted by molar-refractivity contribution is 7.91. The predicted octanol–water partition coefficient (Wildman–Crippen LogP) is 2.59. The highest BCUT2D eigenvalue weighted by atomic mass is 32.2. The van der Waals surface area contributed by atoms with Crippen molar-refractivity contribution in [3.05, 3.63) is 47.6 Å². The minimum absolute atomic E-state index is 0.115. The Labute approximate surface area is 136 Å². The summed E-state index contributed by atoms with van der Waals surface area (Å²) in [6.07, 6.45) is 3.66. The molecule has 0 N–H and O–H groups in total. The first-order valence-corrected chi connectivity index (χ1v) is 10.0. The summed E-state index contributed by atoms with van der Waals surface area (Å²) in [5.41, 5.74) is 1.23. The molecular weight excluding hydrogens is 312 g/mol. The van der Waals surface area contributed by atoms with E-state index >= 15 is 0 Å². The Balaban J connectivity index is 1.52. The van der Waals surface area contributed by atoms with Crippen LogP contribution in [0.25, 0.3) is 0 Å². The van der Waals surface area contributed by atoms with Crippen molar-refractivity contribution in [2.45, 2.75) is 31.6 Å². The van der Waals surface area contributed by atoms with Gasteiger partial charge in [0.15, 0.2) is 15.7 Å². The van der Waals surface area contributed by atoms with Gasteiger partial charge in [0.2, 0.25) is 5.89 Å². The van der Waals surface area contributed by atoms with Gasteiger partial charge in [-0.25, -0.2) is 8.42 Å². The smallest absolute Gasteiger partial charge is 0.226 e. The standard InChI is InChI=1S/C17H20N2O3S/c20-23(21)9-8-12(11-23)10-15-18-17(19-22-15)16(14-6-7-14)13-4-2-1-3-5-13/h1-5,12,14,16H,6-11H2. The van der Waals surface area contributed by atoms with Gasteiger partial charge in [0.05, 0.1) is 17.4 Å². The fourth-order valence-electron chi connectivity index (χ4n) is 3.48. The molecule has 2 atom stereocenters. The number of sulfone groups is 1. The fourth-order valence-corrected chi connectivity index (χ4v) is 5.34. The van der Waals surface area contributed by atoms with Gasteiger partial charge in [-0.3, -0.25) is 0 Å². The summed E-state index contributed by atoms with van der Waals surface area (Å²) in [5.74, 6) is 2.75. The maximum absolute atomic E-state index is 11.6. The lowest BCUT2D eigenvalue weighted by Gasteiger charge is -2.11. The van der Waals surface area contributed by atoms with Crippen LogP contribution in [0.4, 0.5) is 0 Å². The zero-order valence-corrected chi connectivity index (χ0v) is 13.7. The first-order valence-electron chi connectivity index (χ1n) is 8.18. The molecule has 23 heavy (non-hydrogen) atoms. The van der Waals surface area contributed by atoms with Gasteiger partial charge < -0.3 is 4.52 Å². The van der Waals surface area contributed by atoms with Gasteiger partial charge in [-0.1, -0.05) is 35.5 Å². The van der Waals surface area contributed by atoms with Crippen LogP contribution in [0, 0.1) is 11.8 Å². The van der Waals surface area contributed by atoms with Crippen LogP contribution in [0.15, 0.2) is 34.9 Å². The molecule has 2 heterocycles. The Morgan fingerprint density at radius 1 is 1.17 bits per heavy atom. The molecule has 0 spiro atoms. The molecule has 2 fully saturated rings. The van der Waals surface area contributed by atoms with E-state index in [-0.39, 0.29) is 23.3 Å². The van der Waals surface area contributed by atoms with Crippen LogP contribution < -0.4 is 0 Å². The quantitative estimate of drug-likeness (QED) is 0.841. The average molecular weight is 332 g/mol. The van der Waals surface area contributed by atoms with E-state index in [1.807, 2.05) is 18.2 Å². The van der Waals surface area contributed by atoms with Crippen LogP contribution in [0.5, 0.6) is 0 Å². The number of hydrogen-bond donors (Lipinski definition) is 0. The van der Waals surface area contributed by atoms with Gasteiger partial charge in [0.25, 0.3) is 0 Å². The highest BCUT2D eigenvalue weighted by Crippen LogP contribution is 2.45. The third kappa shape index (κ3) is 3.32. The second kappa shape index (κ2) is 5.74. The Kier molecular flexibility index (Phi) is 3.71. The molecule has 1 saturated heterocycles. The number of benzene rings is 1. The number of nitrogens with zero attached hydrogens (tertiary/aromatic N) is 2. The summed E-state index contributed by atoms with van der Waals surface area (Å²) in [5, 5.41) is 4.20. The van der Waals surface area contributed by atoms with Crippen LogP contribution in [0.1, 0.15) is 42.5 Å². The summed E-state index contributed by atoms with van der Waals surface area (Å²) in [4.78, 5) is 4.59. The van der Waals surface area contributed by atoms with Gasteiger partial charge in [-0.2, -0.15) is 4.98 Å². The molecule has 1 aromatic carbocycles. The number of rotatable bonds is 5. The van der Waals surface area contributed by atoms with Crippen molar-refractivity contribution in [1.82, 2.24) is 10.1 Å². The monoisotopic (exact) mass is 332 g/mol. The molecule has 1 aliphatic carbocycles. The van der Waals surface area contributed by atoms with E-state index in [0.29, 0.717) is 24.7 Å². The molecule has 5 nitrogen and oxygen atoms in total. The Morgan fingerprint density at radius 3 is 2.61 bits per heavy atom. The molecule has 2 unspecified atom stereocenters. The minimum atomic E-state index is -2.86. The average Bonchev–Trinajstić information content (AvgIpc) is 3.16. The highest BCUT2D eigenvalue weighted by Gasteiger charge is 2.37. The second-order valence-electron chi connectivity index (χ2n) is 6.75. The molecular formula is C17H20N2O3S. The zero-order valence-electron chi connectivity index (χ0n) is 12.9. The van der Waals surface area contributed by atoms with Crippen LogP contribution in [0.2, 0.25) is 0 Å². The van der Waals surface area contributed by atoms with E-state index in [2.05, 4.69) is 22.3 Å². The molecule has 2 aromatic rings. The van der Waals surface area contributed by atoms with Crippen molar-refractivity contribution in [2.24, 2.45) is 11.8 Å². The number of aromatic nitrogens is 2. The third-order valence-electron chi connectivity index (χ3n) is 4.80. The lowest BCUT2D eigenvalue weighted by Crippen LogP contribution is -2.08. The van der Waals surface area contributed by atoms with Crippen LogP contribution >= 0.6 is 0 Å². The third-order valence-corrected chi connectivity index (χ3v) is 6.64. The molecule has 1 aromatic heterocycles. The summed E-state index contributed by atoms with van der Waals surface area (Å²) in [7, 11) is -2.86. The molecule has 1 saturated carbocycles. The fraction of sp³-hybridized carbons (Fsp3) is 0.529. The predicted molar refractivity (Wildman–Crippen MR) is 85.8 cm³/mol. The Morgan fingerprint density at radius 2 is 1.96 bits per heavy atom. The van der Waals surface area contributed by atoms with Crippen molar-refractivity contribution in [3.63, 3.8) is 0 Å². The van der Waals surface area contributed by atoms with Gasteiger partial charge in [-0.15, -0.1) is 0 Å². The minimum Gasteiger partial charge on any atom is -0.339 e. The van der Waals surface area contributed by atoms with E-state index in [1.165, 1.54) is 18.4 Å². The van der Waals surface area contributed by atoms with Crippen LogP contribution in [-0.2, 0) is 16.3 Å². The lowest BCUT2D eigenvalue weighted by molar-refractivity contribution is 0.353. The van der Waals surface area contributed by atoms with Gasteiger partial charge in [0, 0.05) is 6.42 Å². The van der Waals surface area contributed by atoms with Crippen molar-refractivity contribution < 1.29 is 12.9 Å². The van der Waals surface area contributed by atoms with E-state index in [0.717, 1.165) is 5.82 Å². The van der Waals surface area contributed by atoms with Crippen LogP contribution in [-0.4, -0.2) is 30.1 Å². The SMILES string of the molecule is O=S1(=O)CCC(Cc2nc(C(c3ccccc3)C3CC3)no2)C1. The maximum Gasteiger partial charge on any atom is 0.226 e. The first kappa shape index (κ1) is 14.9. The van der Waals surface area contributed by atoms with Crippen molar-refractivity contribution in [2.75, 3.05) is 11.5 Å². The van der Waals surface area contributed by atoms with Crippen LogP contribution in [0.3, 0.4) is 0 Å². The van der Waals surface area contributed by atoms with E-state index in [1.54, 1.807) is 0 Å². The molecule has 2 aliphatic rings. The van der Waals surface area contributed by atoms with Gasteiger partial charge >= 0.3 is 0 Å². The molecule has 0 amide bonds. The normalized spacial score (nSPS) is 24.6. The summed E-state index contributed by atoms with van der Waals surface area (Å²) >= 11 is 0. The second-order valence-corrected chi connectivity index (χ2v) is 8.97. The van der Waals surface area contributed by atoms with Gasteiger partial charge in [0.1, 0.15) is 0 Å². The number of hydrogen-bond acceptors (Lipinski definition) is 5. The first-order chi connectivity index (χ1) is 11.1. The zero-order chi connectivity index (χ0) is 15.9. The van der Waals surface area contributed by atoms with E-state index < -0.39 is 9.84 Å². The summed E-state index contributed by atoms with van der Waals surface area (Å²) < 4.78 is 28.5. The Hall–Kier alpha value is -1.69. The molecule has 6 heteroatoms. The maximum atomic E-state index is 11.6. The lowest BCUT2D eigenvalue weighted by atomic mass is 9.93. The molecule has 122 valence electrons. The molecule has 4 rings (SSSR count). The summed E-state index contributed by atoms with van der Waals surface area (Å²) in [6.45, 7) is 0. The van der Waals surface area contributed by atoms with Crippen molar-refractivity contribution in [3.8, 4) is 0 Å². The van der Waals surface area contributed by atoms with Gasteiger partial charge in [-0.05, 0) is 36.7 Å².